The van der Waals surface area contributed by atoms with Crippen LogP contribution in [-0.2, 0) is 21.0 Å². The molecule has 0 fully saturated rings. The summed E-state index contributed by atoms with van der Waals surface area (Å²) < 4.78 is 4.75. The van der Waals surface area contributed by atoms with Gasteiger partial charge < -0.3 is 19.8 Å². The third-order valence-corrected chi connectivity index (χ3v) is 7.37. The lowest BCUT2D eigenvalue weighted by Crippen LogP contribution is -2.61. The molecule has 2 aromatic carbocycles. The molecule has 0 saturated heterocycles. The first-order valence-corrected chi connectivity index (χ1v) is 13.0. The van der Waals surface area contributed by atoms with Gasteiger partial charge in [0.2, 0.25) is 0 Å². The molecule has 3 N–H and O–H groups in total. The second-order valence-corrected chi connectivity index (χ2v) is 9.99. The molecule has 2 aromatic rings. The minimum Gasteiger partial charge on any atom is -0.465 e. The summed E-state index contributed by atoms with van der Waals surface area (Å²) in [5.74, 6) is -2.57. The summed E-state index contributed by atoms with van der Waals surface area (Å²) in [6, 6.07) is 11.8. The molecule has 9 nitrogen and oxygen atoms in total. The zero-order valence-corrected chi connectivity index (χ0v) is 22.4. The normalized spacial score (nSPS) is 22.0. The highest BCUT2D eigenvalue weighted by molar-refractivity contribution is 6.31. The number of methoxy groups -OCH3 is 1. The number of aliphatic hydroxyl groups is 2. The van der Waals surface area contributed by atoms with Gasteiger partial charge in [0.1, 0.15) is 0 Å². The number of halogens is 1. The summed E-state index contributed by atoms with van der Waals surface area (Å²) in [4.78, 5) is 46.4. The Kier molecular flexibility index (Phi) is 9.19. The average Bonchev–Trinajstić information content (AvgIpc) is 2.94. The zero-order chi connectivity index (χ0) is 28.1. The smallest absolute Gasteiger partial charge is 0.337 e. The maximum Gasteiger partial charge on any atom is 0.337 e. The standard InChI is InChI=1S/C29H31ClN2O7/c1-17(34)24(15-33)32-26(19-10-12-21(30)13-11-19)25(22-8-3-4-9-23(22)28(32)36)27(35)31-39-16-18-6-5-7-20(14-18)29(37)38-2/h3-10,12-14,17,19,24-26,33-34H,11,15-16H2,1-2H3,(H,31,35)/t17-,19?,24-,25-,26+/m0/s1. The molecular weight excluding hydrogens is 524 g/mol. The van der Waals surface area contributed by atoms with Crippen molar-refractivity contribution in [3.63, 3.8) is 0 Å². The number of esters is 1. The average molecular weight is 555 g/mol. The molecule has 1 aliphatic carbocycles. The molecule has 0 aromatic heterocycles. The predicted molar refractivity (Wildman–Crippen MR) is 144 cm³/mol. The van der Waals surface area contributed by atoms with Gasteiger partial charge in [-0.15, -0.1) is 0 Å². The van der Waals surface area contributed by atoms with E-state index in [1.807, 2.05) is 12.2 Å². The summed E-state index contributed by atoms with van der Waals surface area (Å²) >= 11 is 6.16. The third kappa shape index (κ3) is 6.07. The van der Waals surface area contributed by atoms with E-state index < -0.39 is 42.6 Å². The topological polar surface area (TPSA) is 125 Å². The largest absolute Gasteiger partial charge is 0.465 e. The highest BCUT2D eigenvalue weighted by atomic mass is 35.5. The van der Waals surface area contributed by atoms with Crippen molar-refractivity contribution in [2.75, 3.05) is 13.7 Å². The van der Waals surface area contributed by atoms with E-state index in [0.717, 1.165) is 0 Å². The molecule has 2 aliphatic rings. The Morgan fingerprint density at radius 1 is 1.21 bits per heavy atom. The molecule has 0 spiro atoms. The Morgan fingerprint density at radius 2 is 1.97 bits per heavy atom. The zero-order valence-electron chi connectivity index (χ0n) is 21.6. The van der Waals surface area contributed by atoms with E-state index in [1.165, 1.54) is 18.9 Å². The van der Waals surface area contributed by atoms with Crippen molar-refractivity contribution in [1.82, 2.24) is 10.4 Å². The Morgan fingerprint density at radius 3 is 2.64 bits per heavy atom. The second-order valence-electron chi connectivity index (χ2n) is 9.55. The van der Waals surface area contributed by atoms with E-state index in [2.05, 4.69) is 5.48 Å². The van der Waals surface area contributed by atoms with Crippen LogP contribution in [0.15, 0.2) is 71.8 Å². The lowest BCUT2D eigenvalue weighted by molar-refractivity contribution is -0.139. The van der Waals surface area contributed by atoms with Gasteiger partial charge in [0.15, 0.2) is 0 Å². The molecule has 206 valence electrons. The van der Waals surface area contributed by atoms with Crippen LogP contribution >= 0.6 is 11.6 Å². The SMILES string of the molecule is COC(=O)c1cccc(CONC(=O)[C@H]2c3ccccc3C(=O)N([C@@H](CO)[C@H](C)O)[C@@H]2C2C=CC(Cl)=CC2)c1. The van der Waals surface area contributed by atoms with Gasteiger partial charge in [0.05, 0.1) is 50.0 Å². The molecule has 0 saturated carbocycles. The third-order valence-electron chi connectivity index (χ3n) is 7.09. The van der Waals surface area contributed by atoms with Crippen molar-refractivity contribution in [2.45, 2.75) is 44.1 Å². The van der Waals surface area contributed by atoms with E-state index in [9.17, 15) is 24.6 Å². The number of hydrogen-bond donors (Lipinski definition) is 3. The Hall–Kier alpha value is -3.50. The molecule has 4 rings (SSSR count). The highest BCUT2D eigenvalue weighted by Gasteiger charge is 2.49. The van der Waals surface area contributed by atoms with Crippen LogP contribution in [0.4, 0.5) is 0 Å². The number of fused-ring (bicyclic) bond motifs is 1. The molecule has 2 amide bonds. The van der Waals surface area contributed by atoms with Gasteiger partial charge in [-0.25, -0.2) is 10.3 Å². The van der Waals surface area contributed by atoms with Crippen molar-refractivity contribution in [1.29, 1.82) is 0 Å². The summed E-state index contributed by atoms with van der Waals surface area (Å²) in [6.07, 6.45) is 4.77. The number of nitrogens with zero attached hydrogens (tertiary/aromatic N) is 1. The fraction of sp³-hybridized carbons (Fsp3) is 0.345. The van der Waals surface area contributed by atoms with Gasteiger partial charge in [-0.1, -0.05) is 54.1 Å². The Labute approximate surface area is 231 Å². The van der Waals surface area contributed by atoms with Crippen molar-refractivity contribution in [3.05, 3.63) is 94.0 Å². The van der Waals surface area contributed by atoms with Crippen LogP contribution in [0.3, 0.4) is 0 Å². The first kappa shape index (κ1) is 28.5. The van der Waals surface area contributed by atoms with E-state index >= 15 is 0 Å². The van der Waals surface area contributed by atoms with E-state index in [1.54, 1.807) is 54.6 Å². The van der Waals surface area contributed by atoms with Crippen LogP contribution in [0.5, 0.6) is 0 Å². The number of ether oxygens (including phenoxy) is 1. The second kappa shape index (κ2) is 12.6. The van der Waals surface area contributed by atoms with Crippen molar-refractivity contribution < 1.29 is 34.2 Å². The quantitative estimate of drug-likeness (QED) is 0.321. The van der Waals surface area contributed by atoms with Crippen molar-refractivity contribution >= 4 is 29.4 Å². The van der Waals surface area contributed by atoms with Gasteiger partial charge >= 0.3 is 5.97 Å². The van der Waals surface area contributed by atoms with Crippen LogP contribution in [0.1, 0.15) is 51.1 Å². The monoisotopic (exact) mass is 554 g/mol. The summed E-state index contributed by atoms with van der Waals surface area (Å²) in [5.41, 5.74) is 4.34. The lowest BCUT2D eigenvalue weighted by Gasteiger charge is -2.48. The fourth-order valence-corrected chi connectivity index (χ4v) is 5.36. The molecule has 0 bridgehead atoms. The molecular formula is C29H31ClN2O7. The number of aliphatic hydroxyl groups excluding tert-OH is 2. The first-order chi connectivity index (χ1) is 18.8. The first-order valence-electron chi connectivity index (χ1n) is 12.6. The molecule has 5 atom stereocenters. The molecule has 10 heteroatoms. The van der Waals surface area contributed by atoms with E-state index in [4.69, 9.17) is 21.2 Å². The van der Waals surface area contributed by atoms with E-state index in [-0.39, 0.29) is 18.4 Å². The molecule has 1 unspecified atom stereocenters. The minimum atomic E-state index is -1.06. The van der Waals surface area contributed by atoms with Crippen LogP contribution < -0.4 is 5.48 Å². The lowest BCUT2D eigenvalue weighted by atomic mass is 9.74. The molecule has 0 radical (unpaired) electrons. The predicted octanol–water partition coefficient (Wildman–Crippen LogP) is 3.07. The number of hydrogen-bond acceptors (Lipinski definition) is 7. The van der Waals surface area contributed by atoms with Gasteiger partial charge in [-0.2, -0.15) is 0 Å². The van der Waals surface area contributed by atoms with Gasteiger partial charge in [0, 0.05) is 16.5 Å². The number of carbonyl (C=O) groups is 3. The fourth-order valence-electron chi connectivity index (χ4n) is 5.20. The number of benzene rings is 2. The van der Waals surface area contributed by atoms with E-state index in [0.29, 0.717) is 33.7 Å². The number of amides is 2. The minimum absolute atomic E-state index is 0.0210. The molecule has 1 heterocycles. The van der Waals surface area contributed by atoms with Gasteiger partial charge in [-0.05, 0) is 48.7 Å². The maximum absolute atomic E-state index is 13.8. The van der Waals surface area contributed by atoms with Crippen LogP contribution in [0, 0.1) is 5.92 Å². The number of carbonyl (C=O) groups excluding carboxylic acids is 3. The maximum atomic E-state index is 13.8. The van der Waals surface area contributed by atoms with Crippen molar-refractivity contribution in [2.24, 2.45) is 5.92 Å². The Balaban J connectivity index is 1.66. The summed E-state index contributed by atoms with van der Waals surface area (Å²) in [6.45, 7) is 0.989. The number of nitrogens with one attached hydrogen (secondary N) is 1. The van der Waals surface area contributed by atoms with Gasteiger partial charge in [-0.3, -0.25) is 14.4 Å². The van der Waals surface area contributed by atoms with Gasteiger partial charge in [0.25, 0.3) is 11.8 Å². The molecule has 1 aliphatic heterocycles. The van der Waals surface area contributed by atoms with Crippen LogP contribution in [0.25, 0.3) is 0 Å². The van der Waals surface area contributed by atoms with Crippen LogP contribution in [0.2, 0.25) is 0 Å². The van der Waals surface area contributed by atoms with Crippen molar-refractivity contribution in [3.8, 4) is 0 Å². The highest BCUT2D eigenvalue weighted by Crippen LogP contribution is 2.41. The summed E-state index contributed by atoms with van der Waals surface area (Å²) in [7, 11) is 1.29. The molecule has 39 heavy (non-hydrogen) atoms. The van der Waals surface area contributed by atoms with Crippen LogP contribution in [-0.4, -0.2) is 64.8 Å². The number of rotatable bonds is 9. The Bertz CT molecular complexity index is 1290. The number of hydroxylamine groups is 1. The number of allylic oxidation sites excluding steroid dienone is 3. The summed E-state index contributed by atoms with van der Waals surface area (Å²) in [5, 5.41) is 21.2.